The van der Waals surface area contributed by atoms with Crippen molar-refractivity contribution in [3.8, 4) is 0 Å². The van der Waals surface area contributed by atoms with Gasteiger partial charge in [0.1, 0.15) is 0 Å². The van der Waals surface area contributed by atoms with Crippen molar-refractivity contribution in [1.82, 2.24) is 10.2 Å². The molecule has 0 aliphatic carbocycles. The number of para-hydroxylation sites is 1. The highest BCUT2D eigenvalue weighted by Crippen LogP contribution is 2.41. The predicted octanol–water partition coefficient (Wildman–Crippen LogP) is 4.57. The molecule has 1 unspecified atom stereocenters. The molecule has 2 heterocycles. The van der Waals surface area contributed by atoms with Crippen molar-refractivity contribution in [3.05, 3.63) is 58.1 Å². The van der Waals surface area contributed by atoms with E-state index in [0.29, 0.717) is 17.3 Å². The van der Waals surface area contributed by atoms with E-state index in [-0.39, 0.29) is 16.3 Å². The van der Waals surface area contributed by atoms with Gasteiger partial charge in [-0.1, -0.05) is 54.2 Å². The second-order valence-corrected chi connectivity index (χ2v) is 9.26. The van der Waals surface area contributed by atoms with Crippen molar-refractivity contribution in [2.75, 3.05) is 36.4 Å². The third kappa shape index (κ3) is 4.96. The van der Waals surface area contributed by atoms with Crippen LogP contribution >= 0.6 is 23.2 Å². The van der Waals surface area contributed by atoms with Crippen molar-refractivity contribution in [2.24, 2.45) is 0 Å². The summed E-state index contributed by atoms with van der Waals surface area (Å²) in [6.07, 6.45) is 5.70. The number of urea groups is 1. The van der Waals surface area contributed by atoms with Crippen LogP contribution in [0.15, 0.2) is 42.5 Å². The van der Waals surface area contributed by atoms with Gasteiger partial charge in [-0.05, 0) is 63.2 Å². The van der Waals surface area contributed by atoms with Gasteiger partial charge in [0, 0.05) is 12.1 Å². The number of hydrogen-bond acceptors (Lipinski definition) is 4. The van der Waals surface area contributed by atoms with Crippen molar-refractivity contribution in [3.63, 3.8) is 0 Å². The quantitative estimate of drug-likeness (QED) is 0.517. The molecular weight excluding hydrogens is 463 g/mol. The molecule has 1 fully saturated rings. The normalized spacial score (nSPS) is 21.2. The molecule has 1 saturated heterocycles. The summed E-state index contributed by atoms with van der Waals surface area (Å²) in [5.41, 5.74) is -1.35. The van der Waals surface area contributed by atoms with Gasteiger partial charge in [0.25, 0.3) is 11.6 Å². The summed E-state index contributed by atoms with van der Waals surface area (Å²) >= 11 is 12.2. The number of rotatable bonds is 6. The van der Waals surface area contributed by atoms with E-state index < -0.39 is 17.7 Å². The van der Waals surface area contributed by atoms with Gasteiger partial charge in [0.2, 0.25) is 0 Å². The smallest absolute Gasteiger partial charge is 0.329 e. The molecule has 3 amide bonds. The molecule has 2 aliphatic heterocycles. The minimum Gasteiger partial charge on any atom is -0.359 e. The number of fused-ring (bicyclic) bond motifs is 1. The summed E-state index contributed by atoms with van der Waals surface area (Å²) in [5, 5.41) is 17.9. The lowest BCUT2D eigenvalue weighted by molar-refractivity contribution is -0.140. The monoisotopic (exact) mass is 490 g/mol. The van der Waals surface area contributed by atoms with Crippen molar-refractivity contribution in [2.45, 2.75) is 37.8 Å². The van der Waals surface area contributed by atoms with Crippen molar-refractivity contribution >= 4 is 46.5 Å². The molecule has 1 atom stereocenters. The molecule has 2 aromatic carbocycles. The first-order valence-electron chi connectivity index (χ1n) is 11.3. The van der Waals surface area contributed by atoms with Gasteiger partial charge in [-0.3, -0.25) is 9.69 Å². The SMILES string of the molecule is O=C1Nc2ccccc2C(O)(C(=O)NCCCN2CCCCCC2)N1c1ccc(Cl)c(Cl)c1. The van der Waals surface area contributed by atoms with Gasteiger partial charge < -0.3 is 20.6 Å². The highest BCUT2D eigenvalue weighted by molar-refractivity contribution is 6.42. The molecule has 0 saturated carbocycles. The number of carbonyl (C=O) groups is 2. The molecule has 176 valence electrons. The second kappa shape index (κ2) is 10.3. The number of aliphatic hydroxyl groups is 1. The number of likely N-dealkylation sites (tertiary alicyclic amines) is 1. The number of amides is 3. The highest BCUT2D eigenvalue weighted by Gasteiger charge is 2.51. The average Bonchev–Trinajstić information content (AvgIpc) is 3.08. The Balaban J connectivity index is 1.56. The topological polar surface area (TPSA) is 84.9 Å². The van der Waals surface area contributed by atoms with Gasteiger partial charge in [0.05, 0.1) is 21.4 Å². The largest absolute Gasteiger partial charge is 0.359 e. The zero-order chi connectivity index (χ0) is 23.4. The summed E-state index contributed by atoms with van der Waals surface area (Å²) in [6.45, 7) is 3.43. The van der Waals surface area contributed by atoms with Crippen LogP contribution in [0.3, 0.4) is 0 Å². The van der Waals surface area contributed by atoms with Gasteiger partial charge in [0.15, 0.2) is 0 Å². The lowest BCUT2D eigenvalue weighted by Crippen LogP contribution is -2.62. The van der Waals surface area contributed by atoms with E-state index in [1.807, 2.05) is 0 Å². The standard InChI is InChI=1S/C24H28Cl2N4O3/c25-19-11-10-17(16-20(19)26)30-23(32)28-21-9-4-3-8-18(21)24(30,33)22(31)27-12-7-15-29-13-5-1-2-6-14-29/h3-4,8-11,16,33H,1-2,5-7,12-15H2,(H,27,31)(H,28,32). The molecule has 0 aromatic heterocycles. The number of nitrogens with zero attached hydrogens (tertiary/aromatic N) is 2. The van der Waals surface area contributed by atoms with Gasteiger partial charge in [-0.15, -0.1) is 0 Å². The Hall–Kier alpha value is -2.32. The molecule has 4 rings (SSSR count). The Kier molecular flexibility index (Phi) is 7.44. The van der Waals surface area contributed by atoms with Crippen LogP contribution < -0.4 is 15.5 Å². The Morgan fingerprint density at radius 1 is 1.06 bits per heavy atom. The molecule has 3 N–H and O–H groups in total. The lowest BCUT2D eigenvalue weighted by Gasteiger charge is -2.42. The van der Waals surface area contributed by atoms with Gasteiger partial charge in [-0.2, -0.15) is 0 Å². The Bertz CT molecular complexity index is 1030. The summed E-state index contributed by atoms with van der Waals surface area (Å²) < 4.78 is 0. The van der Waals surface area contributed by atoms with E-state index in [4.69, 9.17) is 23.2 Å². The summed E-state index contributed by atoms with van der Waals surface area (Å²) in [7, 11) is 0. The van der Waals surface area contributed by atoms with Crippen LogP contribution in [0.2, 0.25) is 10.0 Å². The van der Waals surface area contributed by atoms with Crippen LogP contribution in [0, 0.1) is 0 Å². The third-order valence-electron chi connectivity index (χ3n) is 6.18. The number of benzene rings is 2. The fourth-order valence-corrected chi connectivity index (χ4v) is 4.77. The maximum atomic E-state index is 13.4. The first-order chi connectivity index (χ1) is 15.9. The first kappa shape index (κ1) is 23.8. The minimum absolute atomic E-state index is 0.209. The molecule has 2 aromatic rings. The lowest BCUT2D eigenvalue weighted by atomic mass is 9.94. The number of anilines is 2. The van der Waals surface area contributed by atoms with Crippen LogP contribution in [0.1, 0.15) is 37.7 Å². The Labute approximate surface area is 203 Å². The van der Waals surface area contributed by atoms with Crippen molar-refractivity contribution in [1.29, 1.82) is 0 Å². The van der Waals surface area contributed by atoms with E-state index in [2.05, 4.69) is 15.5 Å². The summed E-state index contributed by atoms with van der Waals surface area (Å²) in [4.78, 5) is 29.9. The highest BCUT2D eigenvalue weighted by atomic mass is 35.5. The number of carbonyl (C=O) groups excluding carboxylic acids is 2. The van der Waals surface area contributed by atoms with Crippen LogP contribution in [0.25, 0.3) is 0 Å². The van der Waals surface area contributed by atoms with E-state index in [0.717, 1.165) is 31.0 Å². The van der Waals surface area contributed by atoms with E-state index in [1.54, 1.807) is 30.3 Å². The van der Waals surface area contributed by atoms with Gasteiger partial charge in [-0.25, -0.2) is 4.79 Å². The Morgan fingerprint density at radius 2 is 1.79 bits per heavy atom. The van der Waals surface area contributed by atoms with E-state index in [1.165, 1.54) is 37.8 Å². The predicted molar refractivity (Wildman–Crippen MR) is 131 cm³/mol. The zero-order valence-electron chi connectivity index (χ0n) is 18.3. The van der Waals surface area contributed by atoms with Crippen LogP contribution in [0.4, 0.5) is 16.2 Å². The van der Waals surface area contributed by atoms with Gasteiger partial charge >= 0.3 is 6.03 Å². The number of hydrogen-bond donors (Lipinski definition) is 3. The number of nitrogens with one attached hydrogen (secondary N) is 2. The molecule has 7 nitrogen and oxygen atoms in total. The summed E-state index contributed by atoms with van der Waals surface area (Å²) in [5.74, 6) is -0.674. The molecule has 2 aliphatic rings. The maximum Gasteiger partial charge on any atom is 0.329 e. The fraction of sp³-hybridized carbons (Fsp3) is 0.417. The molecule has 0 radical (unpaired) electrons. The molecule has 0 spiro atoms. The average molecular weight is 491 g/mol. The molecule has 33 heavy (non-hydrogen) atoms. The number of halogens is 2. The van der Waals surface area contributed by atoms with Crippen LogP contribution in [-0.4, -0.2) is 48.1 Å². The zero-order valence-corrected chi connectivity index (χ0v) is 19.8. The fourth-order valence-electron chi connectivity index (χ4n) is 4.47. The first-order valence-corrected chi connectivity index (χ1v) is 12.1. The van der Waals surface area contributed by atoms with Crippen molar-refractivity contribution < 1.29 is 14.7 Å². The minimum atomic E-state index is -2.25. The Morgan fingerprint density at radius 3 is 2.52 bits per heavy atom. The van der Waals surface area contributed by atoms with Crippen LogP contribution in [0.5, 0.6) is 0 Å². The van der Waals surface area contributed by atoms with E-state index in [9.17, 15) is 14.7 Å². The third-order valence-corrected chi connectivity index (χ3v) is 6.92. The van der Waals surface area contributed by atoms with E-state index >= 15 is 0 Å². The molecular formula is C24H28Cl2N4O3. The molecule has 0 bridgehead atoms. The molecule has 9 heteroatoms. The summed E-state index contributed by atoms with van der Waals surface area (Å²) in [6, 6.07) is 10.6. The second-order valence-electron chi connectivity index (χ2n) is 8.45. The maximum absolute atomic E-state index is 13.4. The van der Waals surface area contributed by atoms with Crippen LogP contribution in [-0.2, 0) is 10.5 Å².